The number of piperidine rings is 1. The van der Waals surface area contributed by atoms with E-state index in [0.717, 1.165) is 58.7 Å². The molecule has 1 aromatic carbocycles. The zero-order chi connectivity index (χ0) is 18.1. The van der Waals surface area contributed by atoms with Crippen LogP contribution in [-0.2, 0) is 16.1 Å². The zero-order valence-electron chi connectivity index (χ0n) is 16.1. The van der Waals surface area contributed by atoms with Crippen molar-refractivity contribution in [3.63, 3.8) is 0 Å². The number of carbonyl (C=O) groups excluding carboxylic acids is 1. The first kappa shape index (κ1) is 19.9. The summed E-state index contributed by atoms with van der Waals surface area (Å²) in [6.45, 7) is 11.9. The van der Waals surface area contributed by atoms with Crippen molar-refractivity contribution in [2.45, 2.75) is 52.5 Å². The minimum absolute atomic E-state index is 0.194. The van der Waals surface area contributed by atoms with E-state index in [4.69, 9.17) is 4.74 Å². The Balaban J connectivity index is 1.67. The van der Waals surface area contributed by atoms with E-state index in [9.17, 15) is 4.79 Å². The van der Waals surface area contributed by atoms with Gasteiger partial charge in [0.25, 0.3) is 0 Å². The van der Waals surface area contributed by atoms with Crippen molar-refractivity contribution >= 4 is 5.91 Å². The minimum Gasteiger partial charge on any atom is -0.382 e. The molecule has 1 aliphatic rings. The zero-order valence-corrected chi connectivity index (χ0v) is 16.1. The lowest BCUT2D eigenvalue weighted by atomic mass is 9.95. The Kier molecular flexibility index (Phi) is 8.42. The fraction of sp³-hybridized carbons (Fsp3) is 0.667. The lowest BCUT2D eigenvalue weighted by Gasteiger charge is -2.28. The molecule has 2 rings (SSSR count). The second kappa shape index (κ2) is 10.6. The van der Waals surface area contributed by atoms with E-state index >= 15 is 0 Å². The normalized spacial score (nSPS) is 20.6. The van der Waals surface area contributed by atoms with Crippen molar-refractivity contribution in [3.8, 4) is 0 Å². The average Bonchev–Trinajstić information content (AvgIpc) is 2.62. The first-order valence-electron chi connectivity index (χ1n) is 9.88. The molecule has 140 valence electrons. The summed E-state index contributed by atoms with van der Waals surface area (Å²) in [4.78, 5) is 13.8. The van der Waals surface area contributed by atoms with Gasteiger partial charge in [0.05, 0.1) is 13.1 Å². The molecule has 1 aliphatic heterocycles. The van der Waals surface area contributed by atoms with Gasteiger partial charge in [0, 0.05) is 44.1 Å². The SMILES string of the molecule is CCOCCCNC(=O)C1CC[NH+](Cc2ccc(C(C)C)cc2)CC1. The molecule has 0 aliphatic carbocycles. The first-order valence-corrected chi connectivity index (χ1v) is 9.88. The molecule has 0 aromatic heterocycles. The molecule has 1 fully saturated rings. The summed E-state index contributed by atoms with van der Waals surface area (Å²) in [5.74, 6) is 1.01. The molecule has 1 aromatic rings. The minimum atomic E-state index is 0.194. The molecular weight excluding hydrogens is 312 g/mol. The average molecular weight is 348 g/mol. The standard InChI is InChI=1S/C21H34N2O2/c1-4-25-15-5-12-22-21(24)20-10-13-23(14-11-20)16-18-6-8-19(9-7-18)17(2)3/h6-9,17,20H,4-5,10-16H2,1-3H3,(H,22,24)/p+1. The van der Waals surface area contributed by atoms with Crippen LogP contribution in [-0.4, -0.2) is 38.8 Å². The fourth-order valence-corrected chi connectivity index (χ4v) is 3.45. The molecule has 4 heteroatoms. The fourth-order valence-electron chi connectivity index (χ4n) is 3.45. The van der Waals surface area contributed by atoms with Crippen LogP contribution in [0.15, 0.2) is 24.3 Å². The summed E-state index contributed by atoms with van der Waals surface area (Å²) in [5.41, 5.74) is 2.80. The van der Waals surface area contributed by atoms with Crippen molar-refractivity contribution in [2.75, 3.05) is 32.8 Å². The lowest BCUT2D eigenvalue weighted by molar-refractivity contribution is -0.919. The third-order valence-electron chi connectivity index (χ3n) is 5.13. The molecule has 0 atom stereocenters. The van der Waals surface area contributed by atoms with E-state index in [1.807, 2.05) is 6.92 Å². The Labute approximate surface area is 152 Å². The molecule has 1 amide bonds. The quantitative estimate of drug-likeness (QED) is 0.672. The Morgan fingerprint density at radius 2 is 1.92 bits per heavy atom. The maximum atomic E-state index is 12.2. The number of quaternary nitrogens is 1. The van der Waals surface area contributed by atoms with Gasteiger partial charge in [-0.05, 0) is 24.8 Å². The highest BCUT2D eigenvalue weighted by molar-refractivity contribution is 5.78. The number of hydrogen-bond donors (Lipinski definition) is 2. The van der Waals surface area contributed by atoms with Crippen molar-refractivity contribution in [1.29, 1.82) is 0 Å². The molecular formula is C21H35N2O2+. The van der Waals surface area contributed by atoms with Crippen molar-refractivity contribution in [1.82, 2.24) is 5.32 Å². The Hall–Kier alpha value is -1.39. The Morgan fingerprint density at radius 1 is 1.24 bits per heavy atom. The summed E-state index contributed by atoms with van der Waals surface area (Å²) in [6, 6.07) is 9.03. The number of ether oxygens (including phenoxy) is 1. The summed E-state index contributed by atoms with van der Waals surface area (Å²) in [6.07, 6.45) is 2.89. The van der Waals surface area contributed by atoms with Gasteiger partial charge in [-0.2, -0.15) is 0 Å². The monoisotopic (exact) mass is 347 g/mol. The van der Waals surface area contributed by atoms with Crippen LogP contribution in [0.1, 0.15) is 57.1 Å². The summed E-state index contributed by atoms with van der Waals surface area (Å²) < 4.78 is 5.30. The van der Waals surface area contributed by atoms with E-state index < -0.39 is 0 Å². The van der Waals surface area contributed by atoms with Crippen LogP contribution in [0, 0.1) is 5.92 Å². The third kappa shape index (κ3) is 6.79. The van der Waals surface area contributed by atoms with Gasteiger partial charge in [-0.1, -0.05) is 38.1 Å². The highest BCUT2D eigenvalue weighted by Gasteiger charge is 2.27. The summed E-state index contributed by atoms with van der Waals surface area (Å²) in [7, 11) is 0. The van der Waals surface area contributed by atoms with Crippen LogP contribution in [0.3, 0.4) is 0 Å². The smallest absolute Gasteiger partial charge is 0.223 e. The van der Waals surface area contributed by atoms with Crippen molar-refractivity contribution in [2.24, 2.45) is 5.92 Å². The first-order chi connectivity index (χ1) is 12.1. The Morgan fingerprint density at radius 3 is 2.52 bits per heavy atom. The van der Waals surface area contributed by atoms with Crippen molar-refractivity contribution in [3.05, 3.63) is 35.4 Å². The molecule has 4 nitrogen and oxygen atoms in total. The van der Waals surface area contributed by atoms with E-state index in [1.165, 1.54) is 11.1 Å². The highest BCUT2D eigenvalue weighted by atomic mass is 16.5. The van der Waals surface area contributed by atoms with Gasteiger partial charge < -0.3 is 15.0 Å². The van der Waals surface area contributed by atoms with E-state index in [-0.39, 0.29) is 11.8 Å². The van der Waals surface area contributed by atoms with Gasteiger partial charge in [-0.15, -0.1) is 0 Å². The number of rotatable bonds is 9. The van der Waals surface area contributed by atoms with Gasteiger partial charge in [-0.25, -0.2) is 0 Å². The molecule has 0 spiro atoms. The van der Waals surface area contributed by atoms with Crippen LogP contribution in [0.2, 0.25) is 0 Å². The van der Waals surface area contributed by atoms with E-state index in [2.05, 4.69) is 43.4 Å². The summed E-state index contributed by atoms with van der Waals surface area (Å²) >= 11 is 0. The van der Waals surface area contributed by atoms with Gasteiger partial charge in [-0.3, -0.25) is 4.79 Å². The number of carbonyl (C=O) groups is 1. The number of nitrogens with one attached hydrogen (secondary N) is 2. The molecule has 2 N–H and O–H groups in total. The molecule has 0 unspecified atom stereocenters. The maximum Gasteiger partial charge on any atom is 0.223 e. The highest BCUT2D eigenvalue weighted by Crippen LogP contribution is 2.15. The molecule has 0 radical (unpaired) electrons. The van der Waals surface area contributed by atoms with Crippen LogP contribution in [0.25, 0.3) is 0 Å². The topological polar surface area (TPSA) is 42.8 Å². The molecule has 0 saturated carbocycles. The maximum absolute atomic E-state index is 12.2. The molecule has 25 heavy (non-hydrogen) atoms. The van der Waals surface area contributed by atoms with Crippen LogP contribution < -0.4 is 10.2 Å². The number of amides is 1. The predicted molar refractivity (Wildman–Crippen MR) is 102 cm³/mol. The summed E-state index contributed by atoms with van der Waals surface area (Å²) in [5, 5.41) is 3.06. The van der Waals surface area contributed by atoms with E-state index in [0.29, 0.717) is 5.92 Å². The second-order valence-corrected chi connectivity index (χ2v) is 7.44. The predicted octanol–water partition coefficient (Wildman–Crippen LogP) is 2.15. The molecule has 1 saturated heterocycles. The van der Waals surface area contributed by atoms with Gasteiger partial charge in [0.15, 0.2) is 0 Å². The second-order valence-electron chi connectivity index (χ2n) is 7.44. The van der Waals surface area contributed by atoms with Gasteiger partial charge >= 0.3 is 0 Å². The number of likely N-dealkylation sites (tertiary alicyclic amines) is 1. The number of hydrogen-bond acceptors (Lipinski definition) is 2. The molecule has 0 bridgehead atoms. The van der Waals surface area contributed by atoms with Gasteiger partial charge in [0.1, 0.15) is 6.54 Å². The Bertz CT molecular complexity index is 505. The number of benzene rings is 1. The van der Waals surface area contributed by atoms with Crippen LogP contribution >= 0.6 is 0 Å². The molecule has 1 heterocycles. The van der Waals surface area contributed by atoms with Crippen LogP contribution in [0.4, 0.5) is 0 Å². The van der Waals surface area contributed by atoms with Crippen LogP contribution in [0.5, 0.6) is 0 Å². The van der Waals surface area contributed by atoms with Gasteiger partial charge in [0.2, 0.25) is 5.91 Å². The third-order valence-corrected chi connectivity index (χ3v) is 5.13. The van der Waals surface area contributed by atoms with E-state index in [1.54, 1.807) is 4.90 Å². The largest absolute Gasteiger partial charge is 0.382 e. The lowest BCUT2D eigenvalue weighted by Crippen LogP contribution is -3.11. The van der Waals surface area contributed by atoms with Crippen molar-refractivity contribution < 1.29 is 14.4 Å².